The van der Waals surface area contributed by atoms with Gasteiger partial charge in [0.15, 0.2) is 0 Å². The number of hydrogen-bond donors (Lipinski definition) is 1. The molecule has 0 aliphatic heterocycles. The third kappa shape index (κ3) is 9.21. The summed E-state index contributed by atoms with van der Waals surface area (Å²) in [6, 6.07) is 21.4. The molecule has 1 aliphatic carbocycles. The van der Waals surface area contributed by atoms with Crippen LogP contribution in [0, 0.1) is 6.92 Å². The van der Waals surface area contributed by atoms with E-state index in [1.807, 2.05) is 49.4 Å². The molecule has 1 unspecified atom stereocenters. The fraction of sp³-hybridized carbons (Fsp3) is 0.394. The molecule has 3 aromatic carbocycles. The Bertz CT molecular complexity index is 1510. The van der Waals surface area contributed by atoms with Gasteiger partial charge in [-0.05, 0) is 61.1 Å². The van der Waals surface area contributed by atoms with E-state index in [4.69, 9.17) is 23.2 Å². The number of amides is 2. The number of carbonyl (C=O) groups is 2. The van der Waals surface area contributed by atoms with Gasteiger partial charge in [0.05, 0.1) is 22.0 Å². The second-order valence-electron chi connectivity index (χ2n) is 11.2. The van der Waals surface area contributed by atoms with Crippen molar-refractivity contribution < 1.29 is 18.0 Å². The van der Waals surface area contributed by atoms with Crippen molar-refractivity contribution in [2.45, 2.75) is 70.5 Å². The Kier molecular flexibility index (Phi) is 11.5. The van der Waals surface area contributed by atoms with Gasteiger partial charge in [0.25, 0.3) is 0 Å². The molecule has 0 aromatic heterocycles. The van der Waals surface area contributed by atoms with Crippen LogP contribution in [0.5, 0.6) is 0 Å². The van der Waals surface area contributed by atoms with Crippen molar-refractivity contribution in [1.82, 2.24) is 10.2 Å². The van der Waals surface area contributed by atoms with Gasteiger partial charge in [0, 0.05) is 32.0 Å². The predicted octanol–water partition coefficient (Wildman–Crippen LogP) is 6.55. The van der Waals surface area contributed by atoms with Crippen LogP contribution in [0.1, 0.15) is 55.2 Å². The minimum Gasteiger partial charge on any atom is -0.352 e. The van der Waals surface area contributed by atoms with Crippen molar-refractivity contribution in [2.75, 3.05) is 17.1 Å². The first-order valence-corrected chi connectivity index (χ1v) is 17.2. The highest BCUT2D eigenvalue weighted by atomic mass is 35.5. The summed E-state index contributed by atoms with van der Waals surface area (Å²) in [7, 11) is -3.58. The molecule has 2 amide bonds. The largest absolute Gasteiger partial charge is 0.352 e. The number of benzene rings is 3. The van der Waals surface area contributed by atoms with Gasteiger partial charge in [0.2, 0.25) is 21.8 Å². The molecule has 1 saturated carbocycles. The molecule has 4 rings (SSSR count). The molecule has 230 valence electrons. The fourth-order valence-corrected chi connectivity index (χ4v) is 6.93. The fourth-order valence-electron chi connectivity index (χ4n) is 5.58. The number of carbonyl (C=O) groups excluding carboxylic acids is 2. The van der Waals surface area contributed by atoms with E-state index in [9.17, 15) is 18.0 Å². The van der Waals surface area contributed by atoms with Crippen molar-refractivity contribution in [2.24, 2.45) is 0 Å². The Morgan fingerprint density at radius 2 is 1.60 bits per heavy atom. The van der Waals surface area contributed by atoms with E-state index in [-0.39, 0.29) is 43.8 Å². The van der Waals surface area contributed by atoms with Gasteiger partial charge in [-0.1, -0.05) is 90.6 Å². The summed E-state index contributed by atoms with van der Waals surface area (Å²) in [5.74, 6) is -0.436. The average molecular weight is 645 g/mol. The monoisotopic (exact) mass is 643 g/mol. The molecular weight excluding hydrogens is 605 g/mol. The summed E-state index contributed by atoms with van der Waals surface area (Å²) in [6.45, 7) is 2.14. The SMILES string of the molecule is Cc1ccccc1N(CCCC(=O)N(Cc1ccc(Cl)c(Cl)c1)C(Cc1ccccc1)C(=O)NC1CCCC1)S(C)(=O)=O. The van der Waals surface area contributed by atoms with Gasteiger partial charge in [0.1, 0.15) is 6.04 Å². The quantitative estimate of drug-likeness (QED) is 0.229. The van der Waals surface area contributed by atoms with Crippen LogP contribution >= 0.6 is 23.2 Å². The molecule has 0 saturated heterocycles. The average Bonchev–Trinajstić information content (AvgIpc) is 3.48. The van der Waals surface area contributed by atoms with Crippen molar-refractivity contribution in [3.8, 4) is 0 Å². The molecule has 1 fully saturated rings. The first-order chi connectivity index (χ1) is 20.5. The lowest BCUT2D eigenvalue weighted by Gasteiger charge is -2.33. The van der Waals surface area contributed by atoms with Gasteiger partial charge >= 0.3 is 0 Å². The Morgan fingerprint density at radius 1 is 0.930 bits per heavy atom. The lowest BCUT2D eigenvalue weighted by Crippen LogP contribution is -2.52. The minimum atomic E-state index is -3.58. The standard InChI is InChI=1S/C33H39Cl2N3O4S/c1-24-11-6-9-16-30(24)38(43(2,41)42)20-10-17-32(39)37(23-26-18-19-28(34)29(35)21-26)31(22-25-12-4-3-5-13-25)33(40)36-27-14-7-8-15-27/h3-6,9,11-13,16,18-19,21,27,31H,7-8,10,14-15,17,20,22-23H2,1-2H3,(H,36,40). The van der Waals surface area contributed by atoms with Crippen molar-refractivity contribution in [3.05, 3.63) is 99.5 Å². The van der Waals surface area contributed by atoms with E-state index < -0.39 is 16.1 Å². The zero-order chi connectivity index (χ0) is 31.0. The van der Waals surface area contributed by atoms with Crippen LogP contribution in [0.3, 0.4) is 0 Å². The predicted molar refractivity (Wildman–Crippen MR) is 174 cm³/mol. The number of anilines is 1. The van der Waals surface area contributed by atoms with Gasteiger partial charge in [-0.25, -0.2) is 8.42 Å². The third-order valence-electron chi connectivity index (χ3n) is 7.85. The van der Waals surface area contributed by atoms with E-state index >= 15 is 0 Å². The highest BCUT2D eigenvalue weighted by Crippen LogP contribution is 2.26. The topological polar surface area (TPSA) is 86.8 Å². The van der Waals surface area contributed by atoms with Crippen LogP contribution < -0.4 is 9.62 Å². The Balaban J connectivity index is 1.61. The van der Waals surface area contributed by atoms with Gasteiger partial charge in [-0.15, -0.1) is 0 Å². The van der Waals surface area contributed by atoms with Crippen LogP contribution in [-0.4, -0.2) is 50.0 Å². The number of rotatable bonds is 13. The lowest BCUT2D eigenvalue weighted by atomic mass is 10.0. The summed E-state index contributed by atoms with van der Waals surface area (Å²) in [5, 5.41) is 3.96. The van der Waals surface area contributed by atoms with Gasteiger partial charge in [-0.3, -0.25) is 13.9 Å². The molecule has 1 aliphatic rings. The van der Waals surface area contributed by atoms with Crippen LogP contribution in [-0.2, 0) is 32.6 Å². The molecule has 43 heavy (non-hydrogen) atoms. The maximum atomic E-state index is 14.0. The first kappa shape index (κ1) is 32.8. The number of nitrogens with one attached hydrogen (secondary N) is 1. The van der Waals surface area contributed by atoms with Gasteiger partial charge < -0.3 is 10.2 Å². The van der Waals surface area contributed by atoms with Crippen molar-refractivity contribution in [1.29, 1.82) is 0 Å². The van der Waals surface area contributed by atoms with Crippen LogP contribution in [0.2, 0.25) is 10.0 Å². The molecule has 0 heterocycles. The number of nitrogens with zero attached hydrogens (tertiary/aromatic N) is 2. The smallest absolute Gasteiger partial charge is 0.243 e. The van der Waals surface area contributed by atoms with Crippen LogP contribution in [0.15, 0.2) is 72.8 Å². The van der Waals surface area contributed by atoms with Crippen LogP contribution in [0.25, 0.3) is 0 Å². The summed E-state index contributed by atoms with van der Waals surface area (Å²) < 4.78 is 26.8. The second kappa shape index (κ2) is 15.1. The Morgan fingerprint density at radius 3 is 2.26 bits per heavy atom. The lowest BCUT2D eigenvalue weighted by molar-refractivity contribution is -0.141. The highest BCUT2D eigenvalue weighted by Gasteiger charge is 2.32. The Hall–Kier alpha value is -3.07. The summed E-state index contributed by atoms with van der Waals surface area (Å²) in [4.78, 5) is 29.5. The number of halogens is 2. The number of hydrogen-bond acceptors (Lipinski definition) is 4. The molecule has 1 N–H and O–H groups in total. The molecular formula is C33H39Cl2N3O4S. The van der Waals surface area contributed by atoms with Crippen molar-refractivity contribution >= 4 is 50.7 Å². The molecule has 3 aromatic rings. The second-order valence-corrected chi connectivity index (χ2v) is 13.9. The van der Waals surface area contributed by atoms with Gasteiger partial charge in [-0.2, -0.15) is 0 Å². The van der Waals surface area contributed by atoms with E-state index in [0.717, 1.165) is 42.4 Å². The molecule has 0 spiro atoms. The summed E-state index contributed by atoms with van der Waals surface area (Å²) in [6.07, 6.45) is 5.82. The number of aryl methyl sites for hydroxylation is 1. The Labute approximate surface area is 265 Å². The maximum absolute atomic E-state index is 14.0. The summed E-state index contributed by atoms with van der Waals surface area (Å²) in [5.41, 5.74) is 3.09. The molecule has 0 bridgehead atoms. The van der Waals surface area contributed by atoms with E-state index in [1.54, 1.807) is 35.2 Å². The number of para-hydroxylation sites is 1. The molecule has 10 heteroatoms. The van der Waals surface area contributed by atoms with Crippen LogP contribution in [0.4, 0.5) is 5.69 Å². The zero-order valence-corrected chi connectivity index (χ0v) is 27.0. The molecule has 1 atom stereocenters. The van der Waals surface area contributed by atoms with E-state index in [0.29, 0.717) is 22.2 Å². The normalized spacial score (nSPS) is 14.3. The van der Waals surface area contributed by atoms with Crippen molar-refractivity contribution in [3.63, 3.8) is 0 Å². The number of sulfonamides is 1. The molecule has 0 radical (unpaired) electrons. The maximum Gasteiger partial charge on any atom is 0.243 e. The minimum absolute atomic E-state index is 0.0568. The van der Waals surface area contributed by atoms with E-state index in [1.165, 1.54) is 10.6 Å². The highest BCUT2D eigenvalue weighted by molar-refractivity contribution is 7.92. The molecule has 7 nitrogen and oxygen atoms in total. The summed E-state index contributed by atoms with van der Waals surface area (Å²) >= 11 is 12.5. The zero-order valence-electron chi connectivity index (χ0n) is 24.6. The van der Waals surface area contributed by atoms with E-state index in [2.05, 4.69) is 5.32 Å². The third-order valence-corrected chi connectivity index (χ3v) is 9.76. The first-order valence-electron chi connectivity index (χ1n) is 14.6.